The van der Waals surface area contributed by atoms with Crippen molar-refractivity contribution in [2.24, 2.45) is 0 Å². The number of quaternary nitrogens is 1. The van der Waals surface area contributed by atoms with Gasteiger partial charge in [0.2, 0.25) is 0 Å². The van der Waals surface area contributed by atoms with Crippen LogP contribution in [0.3, 0.4) is 0 Å². The van der Waals surface area contributed by atoms with E-state index in [2.05, 4.69) is 0 Å². The molecule has 148 valence electrons. The summed E-state index contributed by atoms with van der Waals surface area (Å²) in [5, 5.41) is 0.663. The van der Waals surface area contributed by atoms with Crippen LogP contribution in [0.2, 0.25) is 5.02 Å². The highest BCUT2D eigenvalue weighted by Crippen LogP contribution is 2.27. The van der Waals surface area contributed by atoms with E-state index in [-0.39, 0.29) is 36.0 Å². The third kappa shape index (κ3) is 3.69. The van der Waals surface area contributed by atoms with Gasteiger partial charge in [0.1, 0.15) is 24.4 Å². The summed E-state index contributed by atoms with van der Waals surface area (Å²) in [6.07, 6.45) is 0. The minimum atomic E-state index is -3.18. The van der Waals surface area contributed by atoms with Crippen LogP contribution in [0.5, 0.6) is 0 Å². The molecule has 28 heavy (non-hydrogen) atoms. The maximum absolute atomic E-state index is 13.1. The lowest BCUT2D eigenvalue weighted by molar-refractivity contribution is -0.931. The van der Waals surface area contributed by atoms with Crippen molar-refractivity contribution < 1.29 is 18.1 Å². The largest absolute Gasteiger partial charge is 0.318 e. The Hall–Kier alpha value is -1.89. The summed E-state index contributed by atoms with van der Waals surface area (Å²) >= 11 is 5.97. The molecule has 4 rings (SSSR count). The fourth-order valence-corrected chi connectivity index (χ4v) is 6.51. The molecule has 5 nitrogen and oxygen atoms in total. The van der Waals surface area contributed by atoms with Crippen LogP contribution in [0, 0.1) is 13.8 Å². The van der Waals surface area contributed by atoms with Gasteiger partial charge in [0.05, 0.1) is 5.75 Å². The predicted octanol–water partition coefficient (Wildman–Crippen LogP) is 1.55. The zero-order chi connectivity index (χ0) is 20.1. The number of nitrogens with zero attached hydrogens (tertiary/aromatic N) is 1. The van der Waals surface area contributed by atoms with Gasteiger partial charge in [-0.2, -0.15) is 0 Å². The number of benzene rings is 2. The summed E-state index contributed by atoms with van der Waals surface area (Å²) in [4.78, 5) is 15.8. The van der Waals surface area contributed by atoms with Gasteiger partial charge in [-0.05, 0) is 49.2 Å². The second-order valence-electron chi connectivity index (χ2n) is 7.92. The minimum Gasteiger partial charge on any atom is -0.318 e. The molecule has 3 atom stereocenters. The molecule has 0 aliphatic carbocycles. The summed E-state index contributed by atoms with van der Waals surface area (Å²) < 4.78 is 25.0. The van der Waals surface area contributed by atoms with Crippen molar-refractivity contribution in [3.05, 3.63) is 64.2 Å². The molecule has 1 unspecified atom stereocenters. The third-order valence-electron chi connectivity index (χ3n) is 5.94. The van der Waals surface area contributed by atoms with E-state index in [1.807, 2.05) is 56.3 Å². The molecule has 1 N–H and O–H groups in total. The van der Waals surface area contributed by atoms with E-state index in [4.69, 9.17) is 11.6 Å². The van der Waals surface area contributed by atoms with Gasteiger partial charge in [-0.3, -0.25) is 9.69 Å². The van der Waals surface area contributed by atoms with E-state index in [1.54, 1.807) is 4.90 Å². The summed E-state index contributed by atoms with van der Waals surface area (Å²) in [5.41, 5.74) is 4.10. The molecule has 0 bridgehead atoms. The summed E-state index contributed by atoms with van der Waals surface area (Å²) in [5.74, 6) is 0.126. The number of piperazine rings is 1. The highest BCUT2D eigenvalue weighted by molar-refractivity contribution is 7.91. The molecular formula is C21H24ClN2O3S+. The molecule has 0 spiro atoms. The minimum absolute atomic E-state index is 0.0226. The lowest BCUT2D eigenvalue weighted by atomic mass is 10.0. The van der Waals surface area contributed by atoms with Crippen LogP contribution in [0.15, 0.2) is 42.5 Å². The second-order valence-corrected chi connectivity index (χ2v) is 10.5. The maximum Gasteiger partial charge on any atom is 0.282 e. The number of anilines is 1. The van der Waals surface area contributed by atoms with Crippen molar-refractivity contribution in [2.75, 3.05) is 23.0 Å². The molecule has 0 aromatic heterocycles. The number of carbonyl (C=O) groups is 1. The van der Waals surface area contributed by atoms with Crippen molar-refractivity contribution in [2.45, 2.75) is 32.5 Å². The smallest absolute Gasteiger partial charge is 0.282 e. The van der Waals surface area contributed by atoms with E-state index < -0.39 is 9.84 Å². The van der Waals surface area contributed by atoms with Crippen LogP contribution in [0.1, 0.15) is 16.7 Å². The Kier molecular flexibility index (Phi) is 4.98. The van der Waals surface area contributed by atoms with Gasteiger partial charge >= 0.3 is 0 Å². The standard InChI is InChI=1S/C21H23ClN2O3S/c1-14-3-8-18(9-15(14)2)24-20-13-28(26,27)12-19(20)23(11-21(24)25)10-16-4-6-17(22)7-5-16/h3-9,19-20H,10-13H2,1-2H3/p+1/t19-,20+/m1/s1. The highest BCUT2D eigenvalue weighted by atomic mass is 35.5. The van der Waals surface area contributed by atoms with E-state index in [1.165, 1.54) is 0 Å². The number of fused-ring (bicyclic) bond motifs is 1. The SMILES string of the molecule is Cc1ccc(N2C(=O)C[NH+](Cc3ccc(Cl)cc3)[C@@H]3CS(=O)(=O)C[C@@H]32)cc1C. The van der Waals surface area contributed by atoms with Crippen molar-refractivity contribution in [3.63, 3.8) is 0 Å². The van der Waals surface area contributed by atoms with Crippen LogP contribution < -0.4 is 9.80 Å². The quantitative estimate of drug-likeness (QED) is 0.821. The third-order valence-corrected chi connectivity index (χ3v) is 7.91. The van der Waals surface area contributed by atoms with Gasteiger partial charge in [0.25, 0.3) is 5.91 Å². The number of nitrogens with one attached hydrogen (secondary N) is 1. The Morgan fingerprint density at radius 1 is 1.07 bits per heavy atom. The van der Waals surface area contributed by atoms with Crippen molar-refractivity contribution in [3.8, 4) is 0 Å². The monoisotopic (exact) mass is 419 g/mol. The molecular weight excluding hydrogens is 396 g/mol. The van der Waals surface area contributed by atoms with E-state index in [0.29, 0.717) is 11.6 Å². The predicted molar refractivity (Wildman–Crippen MR) is 111 cm³/mol. The zero-order valence-corrected chi connectivity index (χ0v) is 17.6. The van der Waals surface area contributed by atoms with Gasteiger partial charge in [0.15, 0.2) is 16.4 Å². The van der Waals surface area contributed by atoms with Gasteiger partial charge in [-0.1, -0.05) is 29.8 Å². The van der Waals surface area contributed by atoms with Crippen molar-refractivity contribution in [1.29, 1.82) is 0 Å². The van der Waals surface area contributed by atoms with Crippen LogP contribution in [-0.4, -0.2) is 44.5 Å². The van der Waals surface area contributed by atoms with Crippen LogP contribution >= 0.6 is 11.6 Å². The fraction of sp³-hybridized carbons (Fsp3) is 0.381. The number of rotatable bonds is 3. The first-order valence-corrected chi connectivity index (χ1v) is 11.6. The van der Waals surface area contributed by atoms with Gasteiger partial charge in [0, 0.05) is 16.3 Å². The molecule has 1 amide bonds. The fourth-order valence-electron chi connectivity index (χ4n) is 4.34. The van der Waals surface area contributed by atoms with Crippen LogP contribution in [0.25, 0.3) is 0 Å². The topological polar surface area (TPSA) is 58.9 Å². The van der Waals surface area contributed by atoms with Crippen LogP contribution in [0.4, 0.5) is 5.69 Å². The molecule has 7 heteroatoms. The van der Waals surface area contributed by atoms with E-state index >= 15 is 0 Å². The highest BCUT2D eigenvalue weighted by Gasteiger charge is 2.52. The first kappa shape index (κ1) is 19.4. The Labute approximate surface area is 170 Å². The Bertz CT molecular complexity index is 1020. The molecule has 2 fully saturated rings. The second kappa shape index (κ2) is 7.17. The van der Waals surface area contributed by atoms with Gasteiger partial charge < -0.3 is 4.90 Å². The number of hydrogen-bond acceptors (Lipinski definition) is 3. The number of halogens is 1. The molecule has 2 aromatic carbocycles. The molecule has 2 saturated heterocycles. The number of sulfone groups is 1. The van der Waals surface area contributed by atoms with Crippen molar-refractivity contribution in [1.82, 2.24) is 0 Å². The molecule has 2 aliphatic rings. The number of hydrogen-bond donors (Lipinski definition) is 1. The van der Waals surface area contributed by atoms with Crippen molar-refractivity contribution >= 4 is 33.0 Å². The van der Waals surface area contributed by atoms with Gasteiger partial charge in [-0.25, -0.2) is 8.42 Å². The zero-order valence-electron chi connectivity index (χ0n) is 16.0. The first-order chi connectivity index (χ1) is 13.2. The summed E-state index contributed by atoms with van der Waals surface area (Å²) in [6, 6.07) is 13.0. The summed E-state index contributed by atoms with van der Waals surface area (Å²) in [6.45, 7) is 4.93. The number of aryl methyl sites for hydroxylation is 2. The van der Waals surface area contributed by atoms with E-state index in [0.717, 1.165) is 27.3 Å². The average molecular weight is 420 g/mol. The first-order valence-electron chi connectivity index (χ1n) is 9.42. The maximum atomic E-state index is 13.1. The van der Waals surface area contributed by atoms with E-state index in [9.17, 15) is 13.2 Å². The molecule has 0 saturated carbocycles. The normalized spacial score (nSPS) is 26.3. The lowest BCUT2D eigenvalue weighted by Gasteiger charge is -2.41. The Balaban J connectivity index is 1.67. The summed E-state index contributed by atoms with van der Waals surface area (Å²) in [7, 11) is -3.18. The van der Waals surface area contributed by atoms with Gasteiger partial charge in [-0.15, -0.1) is 0 Å². The average Bonchev–Trinajstić information content (AvgIpc) is 2.95. The van der Waals surface area contributed by atoms with Crippen LogP contribution in [-0.2, 0) is 21.2 Å². The number of amides is 1. The molecule has 2 aromatic rings. The molecule has 2 heterocycles. The Morgan fingerprint density at radius 2 is 1.79 bits per heavy atom. The molecule has 2 aliphatic heterocycles. The Morgan fingerprint density at radius 3 is 2.46 bits per heavy atom. The molecule has 0 radical (unpaired) electrons. The number of carbonyl (C=O) groups excluding carboxylic acids is 1. The lowest BCUT2D eigenvalue weighted by Crippen LogP contribution is -3.19.